The van der Waals surface area contributed by atoms with Gasteiger partial charge >= 0.3 is 11.9 Å². The number of alkyl halides is 2. The summed E-state index contributed by atoms with van der Waals surface area (Å²) in [6, 6.07) is 1.84. The van der Waals surface area contributed by atoms with Gasteiger partial charge in [-0.25, -0.2) is 4.79 Å². The molecule has 1 aliphatic rings. The van der Waals surface area contributed by atoms with E-state index in [-0.39, 0.29) is 6.54 Å². The Morgan fingerprint density at radius 1 is 1.61 bits per heavy atom. The molecule has 1 atom stereocenters. The van der Waals surface area contributed by atoms with Crippen molar-refractivity contribution in [3.8, 4) is 0 Å². The molecule has 0 bridgehead atoms. The zero-order valence-electron chi connectivity index (χ0n) is 9.81. The van der Waals surface area contributed by atoms with Gasteiger partial charge in [-0.2, -0.15) is 13.9 Å². The molecule has 0 radical (unpaired) electrons. The molecule has 0 spiro atoms. The van der Waals surface area contributed by atoms with Gasteiger partial charge in [0.15, 0.2) is 0 Å². The molecule has 5 nitrogen and oxygen atoms in total. The number of aryl methyl sites for hydroxylation is 1. The van der Waals surface area contributed by atoms with Gasteiger partial charge in [-0.15, -0.1) is 0 Å². The van der Waals surface area contributed by atoms with Gasteiger partial charge in [-0.05, 0) is 19.0 Å². The third-order valence-corrected chi connectivity index (χ3v) is 2.73. The minimum absolute atomic E-state index is 0.264. The van der Waals surface area contributed by atoms with E-state index in [2.05, 4.69) is 15.2 Å². The van der Waals surface area contributed by atoms with Crippen LogP contribution in [0.25, 0.3) is 0 Å². The predicted octanol–water partition coefficient (Wildman–Crippen LogP) is 0.814. The molecular formula is C11H15F2N3O2. The predicted molar refractivity (Wildman–Crippen MR) is 59.2 cm³/mol. The lowest BCUT2D eigenvalue weighted by Gasteiger charge is -2.09. The van der Waals surface area contributed by atoms with Gasteiger partial charge in [-0.3, -0.25) is 4.68 Å². The molecular weight excluding hydrogens is 244 g/mol. The van der Waals surface area contributed by atoms with Crippen LogP contribution in [0.2, 0.25) is 0 Å². The number of hydrogen-bond acceptors (Lipinski definition) is 4. The molecule has 1 aromatic rings. The van der Waals surface area contributed by atoms with Gasteiger partial charge in [0, 0.05) is 25.5 Å². The monoisotopic (exact) mass is 259 g/mol. The molecule has 1 saturated heterocycles. The number of rotatable bonds is 6. The number of nitrogens with zero attached hydrogens (tertiary/aromatic N) is 2. The second kappa shape index (κ2) is 5.43. The van der Waals surface area contributed by atoms with Crippen molar-refractivity contribution in [1.29, 1.82) is 0 Å². The van der Waals surface area contributed by atoms with E-state index < -0.39 is 24.4 Å². The average Bonchev–Trinajstić information content (AvgIpc) is 2.88. The third kappa shape index (κ3) is 3.25. The van der Waals surface area contributed by atoms with Crippen LogP contribution < -0.4 is 5.32 Å². The Balaban J connectivity index is 1.58. The maximum atomic E-state index is 12.8. The van der Waals surface area contributed by atoms with E-state index in [1.54, 1.807) is 10.9 Å². The van der Waals surface area contributed by atoms with Crippen LogP contribution in [0.4, 0.5) is 8.78 Å². The summed E-state index contributed by atoms with van der Waals surface area (Å²) >= 11 is 0. The van der Waals surface area contributed by atoms with Crippen molar-refractivity contribution in [2.75, 3.05) is 13.1 Å². The maximum absolute atomic E-state index is 12.8. The maximum Gasteiger partial charge on any atom is 0.377 e. The Bertz CT molecular complexity index is 395. The van der Waals surface area contributed by atoms with Crippen LogP contribution in [0, 0.1) is 0 Å². The molecule has 1 aromatic heterocycles. The fraction of sp³-hybridized carbons (Fsp3) is 0.636. The van der Waals surface area contributed by atoms with Crippen LogP contribution in [0.5, 0.6) is 0 Å². The highest BCUT2D eigenvalue weighted by molar-refractivity contribution is 5.79. The van der Waals surface area contributed by atoms with Crippen molar-refractivity contribution < 1.29 is 18.3 Å². The number of carbonyl (C=O) groups is 1. The molecule has 1 N–H and O–H groups in total. The van der Waals surface area contributed by atoms with Gasteiger partial charge in [0.1, 0.15) is 6.10 Å². The van der Waals surface area contributed by atoms with Crippen molar-refractivity contribution >= 4 is 5.97 Å². The highest BCUT2D eigenvalue weighted by Gasteiger charge is 2.50. The fourth-order valence-electron chi connectivity index (χ4n) is 1.82. The largest absolute Gasteiger partial charge is 0.456 e. The molecule has 0 saturated carbocycles. The molecule has 0 amide bonds. The Labute approximate surface area is 103 Å². The summed E-state index contributed by atoms with van der Waals surface area (Å²) in [5.41, 5.74) is 0. The molecule has 18 heavy (non-hydrogen) atoms. The number of carbonyl (C=O) groups excluding carboxylic acids is 1. The number of nitrogens with one attached hydrogen (secondary N) is 1. The van der Waals surface area contributed by atoms with Crippen molar-refractivity contribution in [3.05, 3.63) is 18.5 Å². The van der Waals surface area contributed by atoms with Crippen LogP contribution in [-0.4, -0.2) is 40.9 Å². The van der Waals surface area contributed by atoms with Gasteiger partial charge < -0.3 is 10.1 Å². The SMILES string of the molecule is O=C1OC(CNCCCn2cccn2)CC1(F)F. The second-order valence-corrected chi connectivity index (χ2v) is 4.26. The smallest absolute Gasteiger partial charge is 0.377 e. The Morgan fingerprint density at radius 2 is 2.44 bits per heavy atom. The van der Waals surface area contributed by atoms with Crippen molar-refractivity contribution in [1.82, 2.24) is 15.1 Å². The first-order valence-corrected chi connectivity index (χ1v) is 5.85. The van der Waals surface area contributed by atoms with Crippen LogP contribution in [-0.2, 0) is 16.1 Å². The topological polar surface area (TPSA) is 56.1 Å². The summed E-state index contributed by atoms with van der Waals surface area (Å²) in [6.07, 6.45) is 3.14. The molecule has 0 aromatic carbocycles. The number of cyclic esters (lactones) is 1. The number of aromatic nitrogens is 2. The number of esters is 1. The van der Waals surface area contributed by atoms with Crippen molar-refractivity contribution in [2.24, 2.45) is 0 Å². The van der Waals surface area contributed by atoms with Crippen LogP contribution in [0.1, 0.15) is 12.8 Å². The highest BCUT2D eigenvalue weighted by Crippen LogP contribution is 2.30. The quantitative estimate of drug-likeness (QED) is 0.607. The standard InChI is InChI=1S/C11H15F2N3O2/c12-11(13)7-9(18-10(11)17)8-14-3-1-5-16-6-2-4-15-16/h2,4,6,9,14H,1,3,5,7-8H2. The lowest BCUT2D eigenvalue weighted by Crippen LogP contribution is -2.28. The van der Waals surface area contributed by atoms with E-state index in [0.717, 1.165) is 13.0 Å². The van der Waals surface area contributed by atoms with E-state index in [4.69, 9.17) is 0 Å². The lowest BCUT2D eigenvalue weighted by molar-refractivity contribution is -0.159. The van der Waals surface area contributed by atoms with E-state index >= 15 is 0 Å². The van der Waals surface area contributed by atoms with E-state index in [1.807, 2.05) is 12.3 Å². The Kier molecular flexibility index (Phi) is 3.90. The first-order valence-electron chi connectivity index (χ1n) is 5.85. The first-order chi connectivity index (χ1) is 8.58. The number of hydrogen-bond donors (Lipinski definition) is 1. The molecule has 1 fully saturated rings. The van der Waals surface area contributed by atoms with Gasteiger partial charge in [-0.1, -0.05) is 0 Å². The van der Waals surface area contributed by atoms with Gasteiger partial charge in [0.25, 0.3) is 0 Å². The highest BCUT2D eigenvalue weighted by atomic mass is 19.3. The first kappa shape index (κ1) is 12.9. The van der Waals surface area contributed by atoms with E-state index in [1.165, 1.54) is 0 Å². The number of ether oxygens (including phenoxy) is 1. The molecule has 7 heteroatoms. The summed E-state index contributed by atoms with van der Waals surface area (Å²) in [5.74, 6) is -4.73. The van der Waals surface area contributed by atoms with Crippen molar-refractivity contribution in [2.45, 2.75) is 31.4 Å². The minimum atomic E-state index is -3.32. The number of halogens is 2. The fourth-order valence-corrected chi connectivity index (χ4v) is 1.82. The summed E-state index contributed by atoms with van der Waals surface area (Å²) in [5, 5.41) is 7.04. The average molecular weight is 259 g/mol. The molecule has 1 aliphatic heterocycles. The molecule has 2 rings (SSSR count). The normalized spacial score (nSPS) is 22.1. The van der Waals surface area contributed by atoms with Crippen LogP contribution in [0.15, 0.2) is 18.5 Å². The van der Waals surface area contributed by atoms with Crippen molar-refractivity contribution in [3.63, 3.8) is 0 Å². The van der Waals surface area contributed by atoms with E-state index in [9.17, 15) is 13.6 Å². The van der Waals surface area contributed by atoms with E-state index in [0.29, 0.717) is 6.54 Å². The molecule has 100 valence electrons. The van der Waals surface area contributed by atoms with Gasteiger partial charge in [0.2, 0.25) is 0 Å². The zero-order chi connectivity index (χ0) is 13.0. The summed E-state index contributed by atoms with van der Waals surface area (Å²) in [6.45, 7) is 1.69. The molecule has 1 unspecified atom stereocenters. The van der Waals surface area contributed by atoms with Crippen LogP contribution >= 0.6 is 0 Å². The minimum Gasteiger partial charge on any atom is -0.456 e. The molecule has 0 aliphatic carbocycles. The van der Waals surface area contributed by atoms with Crippen LogP contribution in [0.3, 0.4) is 0 Å². The summed E-state index contributed by atoms with van der Waals surface area (Å²) < 4.78 is 32.0. The zero-order valence-corrected chi connectivity index (χ0v) is 9.81. The summed E-state index contributed by atoms with van der Waals surface area (Å²) in [4.78, 5) is 10.7. The summed E-state index contributed by atoms with van der Waals surface area (Å²) in [7, 11) is 0. The second-order valence-electron chi connectivity index (χ2n) is 4.26. The Morgan fingerprint density at radius 3 is 3.06 bits per heavy atom. The van der Waals surface area contributed by atoms with Gasteiger partial charge in [0.05, 0.1) is 6.42 Å². The molecule has 2 heterocycles. The Hall–Kier alpha value is -1.50. The third-order valence-electron chi connectivity index (χ3n) is 2.73. The lowest BCUT2D eigenvalue weighted by atomic mass is 10.2.